The van der Waals surface area contributed by atoms with Crippen LogP contribution in [0.3, 0.4) is 0 Å². The van der Waals surface area contributed by atoms with Crippen LogP contribution in [0, 0.1) is 21.4 Å². The normalized spacial score (nSPS) is 11.0. The Bertz CT molecular complexity index is 1200. The van der Waals surface area contributed by atoms with Crippen molar-refractivity contribution < 1.29 is 14.4 Å². The van der Waals surface area contributed by atoms with Crippen molar-refractivity contribution in [2.24, 2.45) is 0 Å². The van der Waals surface area contributed by atoms with Gasteiger partial charge in [0, 0.05) is 16.6 Å². The largest absolute Gasteiger partial charge is 0.490 e. The highest BCUT2D eigenvalue weighted by Crippen LogP contribution is 2.38. The maximum atomic E-state index is 11.1. The lowest BCUT2D eigenvalue weighted by atomic mass is 10.0. The fourth-order valence-corrected chi connectivity index (χ4v) is 3.78. The average molecular weight is 558 g/mol. The first kappa shape index (κ1) is 23.5. The molecule has 0 atom stereocenters. The zero-order chi connectivity index (χ0) is 23.1. The molecule has 0 spiro atoms. The van der Waals surface area contributed by atoms with Gasteiger partial charge in [-0.2, -0.15) is 5.26 Å². The number of allylic oxidation sites excluding steroid dienone is 1. The lowest BCUT2D eigenvalue weighted by Crippen LogP contribution is -2.01. The van der Waals surface area contributed by atoms with Gasteiger partial charge in [0.15, 0.2) is 11.5 Å². The Morgan fingerprint density at radius 1 is 1.12 bits per heavy atom. The van der Waals surface area contributed by atoms with Crippen molar-refractivity contribution in [2.75, 3.05) is 6.61 Å². The number of hydrogen-bond acceptors (Lipinski definition) is 5. The molecular weight excluding hydrogens is 540 g/mol. The number of non-ortho nitro benzene ring substituents is 1. The van der Waals surface area contributed by atoms with Crippen molar-refractivity contribution >= 4 is 49.2 Å². The Morgan fingerprint density at radius 2 is 1.88 bits per heavy atom. The van der Waals surface area contributed by atoms with Gasteiger partial charge in [0.1, 0.15) is 6.61 Å². The molecule has 0 heterocycles. The Balaban J connectivity index is 1.93. The van der Waals surface area contributed by atoms with Crippen molar-refractivity contribution in [1.82, 2.24) is 0 Å². The molecule has 0 aromatic heterocycles. The standard InChI is InChI=1S/C24H18Br2N2O4/c1-2-31-23-12-17(10-19(14-27)18-4-3-5-21(13-18)28(29)30)11-22(26)24(23)32-15-16-6-8-20(25)9-7-16/h3-13H,2,15H2,1H3/b19-10-. The average Bonchev–Trinajstić information content (AvgIpc) is 2.78. The summed E-state index contributed by atoms with van der Waals surface area (Å²) in [6.45, 7) is 2.67. The minimum atomic E-state index is -0.486. The molecule has 3 rings (SSSR count). The predicted octanol–water partition coefficient (Wildman–Crippen LogP) is 7.16. The summed E-state index contributed by atoms with van der Waals surface area (Å²) in [6, 6.07) is 19.5. The third-order valence-corrected chi connectivity index (χ3v) is 5.55. The van der Waals surface area contributed by atoms with Crippen LogP contribution in [0.15, 0.2) is 69.6 Å². The lowest BCUT2D eigenvalue weighted by molar-refractivity contribution is -0.384. The number of nitro benzene ring substituents is 1. The van der Waals surface area contributed by atoms with Crippen LogP contribution in [0.5, 0.6) is 11.5 Å². The maximum absolute atomic E-state index is 11.1. The third-order valence-electron chi connectivity index (χ3n) is 4.43. The van der Waals surface area contributed by atoms with E-state index in [1.54, 1.807) is 24.3 Å². The molecular formula is C24H18Br2N2O4. The second-order valence-electron chi connectivity index (χ2n) is 6.66. The van der Waals surface area contributed by atoms with E-state index in [9.17, 15) is 15.4 Å². The van der Waals surface area contributed by atoms with Crippen molar-refractivity contribution in [2.45, 2.75) is 13.5 Å². The van der Waals surface area contributed by atoms with Crippen LogP contribution in [0.25, 0.3) is 11.6 Å². The Labute approximate surface area is 202 Å². The van der Waals surface area contributed by atoms with E-state index in [1.807, 2.05) is 37.3 Å². The van der Waals surface area contributed by atoms with E-state index in [2.05, 4.69) is 37.9 Å². The van der Waals surface area contributed by atoms with Crippen LogP contribution in [0.4, 0.5) is 5.69 Å². The van der Waals surface area contributed by atoms with Gasteiger partial charge in [-0.15, -0.1) is 0 Å². The molecule has 0 saturated carbocycles. The highest BCUT2D eigenvalue weighted by Gasteiger charge is 2.14. The maximum Gasteiger partial charge on any atom is 0.270 e. The molecule has 0 N–H and O–H groups in total. The molecule has 0 aliphatic heterocycles. The quantitative estimate of drug-likeness (QED) is 0.127. The van der Waals surface area contributed by atoms with Gasteiger partial charge in [0.05, 0.1) is 27.6 Å². The molecule has 3 aromatic rings. The number of hydrogen-bond donors (Lipinski definition) is 0. The first-order valence-electron chi connectivity index (χ1n) is 9.61. The van der Waals surface area contributed by atoms with E-state index in [0.29, 0.717) is 45.9 Å². The minimum Gasteiger partial charge on any atom is -0.490 e. The van der Waals surface area contributed by atoms with Crippen molar-refractivity contribution in [3.05, 3.63) is 96.4 Å². The molecule has 0 unspecified atom stereocenters. The smallest absolute Gasteiger partial charge is 0.270 e. The Hall–Kier alpha value is -3.15. The molecule has 0 saturated heterocycles. The zero-order valence-electron chi connectivity index (χ0n) is 17.0. The Kier molecular flexibility index (Phi) is 8.03. The fraction of sp³-hybridized carbons (Fsp3) is 0.125. The van der Waals surface area contributed by atoms with Gasteiger partial charge in [0.25, 0.3) is 5.69 Å². The van der Waals surface area contributed by atoms with E-state index in [-0.39, 0.29) is 5.69 Å². The van der Waals surface area contributed by atoms with Crippen molar-refractivity contribution in [1.29, 1.82) is 5.26 Å². The molecule has 0 fully saturated rings. The van der Waals surface area contributed by atoms with Gasteiger partial charge in [-0.05, 0) is 69.9 Å². The van der Waals surface area contributed by atoms with E-state index in [1.165, 1.54) is 12.1 Å². The van der Waals surface area contributed by atoms with Gasteiger partial charge in [-0.1, -0.05) is 40.2 Å². The second-order valence-corrected chi connectivity index (χ2v) is 8.43. The van der Waals surface area contributed by atoms with Gasteiger partial charge < -0.3 is 9.47 Å². The topological polar surface area (TPSA) is 85.4 Å². The van der Waals surface area contributed by atoms with Crippen molar-refractivity contribution in [3.63, 3.8) is 0 Å². The number of benzene rings is 3. The van der Waals surface area contributed by atoms with E-state index in [0.717, 1.165) is 10.0 Å². The number of rotatable bonds is 8. The van der Waals surface area contributed by atoms with Crippen LogP contribution in [-0.2, 0) is 6.61 Å². The van der Waals surface area contributed by atoms with E-state index < -0.39 is 4.92 Å². The zero-order valence-corrected chi connectivity index (χ0v) is 20.2. The van der Waals surface area contributed by atoms with E-state index in [4.69, 9.17) is 9.47 Å². The number of nitrogens with zero attached hydrogens (tertiary/aromatic N) is 2. The fourth-order valence-electron chi connectivity index (χ4n) is 2.94. The predicted molar refractivity (Wildman–Crippen MR) is 130 cm³/mol. The first-order valence-corrected chi connectivity index (χ1v) is 11.2. The molecule has 32 heavy (non-hydrogen) atoms. The summed E-state index contributed by atoms with van der Waals surface area (Å²) in [4.78, 5) is 10.6. The summed E-state index contributed by atoms with van der Waals surface area (Å²) in [7, 11) is 0. The lowest BCUT2D eigenvalue weighted by Gasteiger charge is -2.15. The molecule has 162 valence electrons. The molecule has 8 heteroatoms. The number of halogens is 2. The van der Waals surface area contributed by atoms with Crippen LogP contribution in [-0.4, -0.2) is 11.5 Å². The van der Waals surface area contributed by atoms with E-state index >= 15 is 0 Å². The highest BCUT2D eigenvalue weighted by molar-refractivity contribution is 9.10. The number of ether oxygens (including phenoxy) is 2. The molecule has 0 amide bonds. The molecule has 3 aromatic carbocycles. The van der Waals surface area contributed by atoms with Gasteiger partial charge in [-0.3, -0.25) is 10.1 Å². The molecule has 6 nitrogen and oxygen atoms in total. The van der Waals surface area contributed by atoms with Crippen LogP contribution >= 0.6 is 31.9 Å². The summed E-state index contributed by atoms with van der Waals surface area (Å²) < 4.78 is 13.4. The van der Waals surface area contributed by atoms with Crippen LogP contribution in [0.1, 0.15) is 23.6 Å². The summed E-state index contributed by atoms with van der Waals surface area (Å²) in [5, 5.41) is 20.7. The number of nitriles is 1. The summed E-state index contributed by atoms with van der Waals surface area (Å²) in [5.41, 5.74) is 2.39. The third kappa shape index (κ3) is 5.96. The minimum absolute atomic E-state index is 0.0727. The highest BCUT2D eigenvalue weighted by atomic mass is 79.9. The monoisotopic (exact) mass is 556 g/mol. The van der Waals surface area contributed by atoms with Crippen molar-refractivity contribution in [3.8, 4) is 17.6 Å². The first-order chi connectivity index (χ1) is 15.4. The SMILES string of the molecule is CCOc1cc(/C=C(/C#N)c2cccc([N+](=O)[O-])c2)cc(Br)c1OCc1ccc(Br)cc1. The molecule has 0 aliphatic carbocycles. The number of nitro groups is 1. The molecule has 0 bridgehead atoms. The van der Waals surface area contributed by atoms with Gasteiger partial charge >= 0.3 is 0 Å². The van der Waals surface area contributed by atoms with Crippen LogP contribution in [0.2, 0.25) is 0 Å². The van der Waals surface area contributed by atoms with Gasteiger partial charge in [-0.25, -0.2) is 0 Å². The summed E-state index contributed by atoms with van der Waals surface area (Å²) in [6.07, 6.45) is 1.66. The van der Waals surface area contributed by atoms with Gasteiger partial charge in [0.2, 0.25) is 0 Å². The molecule has 0 radical (unpaired) electrons. The van der Waals surface area contributed by atoms with Crippen LogP contribution < -0.4 is 9.47 Å². The second kappa shape index (κ2) is 10.9. The summed E-state index contributed by atoms with van der Waals surface area (Å²) >= 11 is 6.95. The summed E-state index contributed by atoms with van der Waals surface area (Å²) in [5.74, 6) is 1.09. The Morgan fingerprint density at radius 3 is 2.53 bits per heavy atom. The molecule has 0 aliphatic rings.